The van der Waals surface area contributed by atoms with Crippen LogP contribution in [0.25, 0.3) is 0 Å². The third-order valence-corrected chi connectivity index (χ3v) is 6.65. The minimum Gasteiger partial charge on any atom is -0.715 e. The van der Waals surface area contributed by atoms with Crippen molar-refractivity contribution in [1.29, 1.82) is 0 Å². The topological polar surface area (TPSA) is 69.5 Å². The number of rotatable bonds is 2. The van der Waals surface area contributed by atoms with Crippen LogP contribution >= 0.6 is 23.2 Å². The largest absolute Gasteiger partial charge is 0.715 e. The highest BCUT2D eigenvalue weighted by molar-refractivity contribution is 6.42. The maximum absolute atomic E-state index is 13.0. The fraction of sp³-hybridized carbons (Fsp3) is 0.556. The smallest absolute Gasteiger partial charge is 0.307 e. The van der Waals surface area contributed by atoms with Crippen molar-refractivity contribution in [2.24, 2.45) is 0 Å². The maximum atomic E-state index is 13.0. The fourth-order valence-electron chi connectivity index (χ4n) is 3.50. The molecule has 0 aliphatic carbocycles. The summed E-state index contributed by atoms with van der Waals surface area (Å²) in [7, 11) is 0. The number of likely N-dealkylation sites (tertiary alicyclic amines) is 1. The van der Waals surface area contributed by atoms with E-state index in [9.17, 15) is 15.2 Å². The Bertz CT molecular complexity index is 792. The van der Waals surface area contributed by atoms with Gasteiger partial charge in [-0.25, -0.2) is 0 Å². The molecule has 2 aliphatic rings. The van der Waals surface area contributed by atoms with E-state index < -0.39 is 17.1 Å². The van der Waals surface area contributed by atoms with Crippen LogP contribution in [-0.2, 0) is 5.21 Å². The second-order valence-electron chi connectivity index (χ2n) is 7.85. The van der Waals surface area contributed by atoms with Crippen LogP contribution in [0.1, 0.15) is 50.9 Å². The Labute approximate surface area is 163 Å². The Morgan fingerprint density at radius 3 is 2.42 bits per heavy atom. The van der Waals surface area contributed by atoms with Gasteiger partial charge in [0.15, 0.2) is 5.54 Å². The van der Waals surface area contributed by atoms with E-state index in [4.69, 9.17) is 23.2 Å². The van der Waals surface area contributed by atoms with E-state index in [1.54, 1.807) is 44.7 Å². The monoisotopic (exact) mass is 398 g/mol. The van der Waals surface area contributed by atoms with E-state index in [2.05, 4.69) is 0 Å². The van der Waals surface area contributed by atoms with Gasteiger partial charge in [-0.3, -0.25) is 9.53 Å². The summed E-state index contributed by atoms with van der Waals surface area (Å²) < 4.78 is 0.783. The summed E-state index contributed by atoms with van der Waals surface area (Å²) in [5.74, 6) is -0.159. The highest BCUT2D eigenvalue weighted by atomic mass is 35.5. The quantitative estimate of drug-likeness (QED) is 0.562. The van der Waals surface area contributed by atoms with Gasteiger partial charge in [0, 0.05) is 17.3 Å². The molecule has 1 radical (unpaired) electrons. The summed E-state index contributed by atoms with van der Waals surface area (Å²) in [4.78, 5) is 14.6. The third kappa shape index (κ3) is 2.66. The molecule has 0 bridgehead atoms. The summed E-state index contributed by atoms with van der Waals surface area (Å²) in [6.45, 7) is 7.47. The highest BCUT2D eigenvalue weighted by Gasteiger charge is 2.62. The van der Waals surface area contributed by atoms with Crippen LogP contribution in [0.2, 0.25) is 10.0 Å². The molecule has 2 heterocycles. The van der Waals surface area contributed by atoms with Crippen molar-refractivity contribution in [1.82, 2.24) is 9.96 Å². The number of amides is 1. The van der Waals surface area contributed by atoms with Crippen molar-refractivity contribution in [2.75, 3.05) is 6.54 Å². The SMILES string of the molecule is CC1(C)N([O])C(C2CCCN2C(=O)c2ccc(Cl)c(Cl)c2)=[N+]([O-])C1(C)C. The normalized spacial score (nSPS) is 24.5. The van der Waals surface area contributed by atoms with Crippen LogP contribution in [0, 0.1) is 5.21 Å². The van der Waals surface area contributed by atoms with E-state index in [-0.39, 0.29) is 11.7 Å². The van der Waals surface area contributed by atoms with Gasteiger partial charge >= 0.3 is 5.84 Å². The fourth-order valence-corrected chi connectivity index (χ4v) is 3.79. The predicted octanol–water partition coefficient (Wildman–Crippen LogP) is 3.73. The zero-order chi connectivity index (χ0) is 19.4. The van der Waals surface area contributed by atoms with Crippen LogP contribution in [0.3, 0.4) is 0 Å². The van der Waals surface area contributed by atoms with E-state index in [1.165, 1.54) is 6.07 Å². The molecular formula is C18H22Cl2N3O3. The molecule has 1 atom stereocenters. The van der Waals surface area contributed by atoms with Crippen molar-refractivity contribution in [2.45, 2.75) is 57.7 Å². The lowest BCUT2D eigenvalue weighted by atomic mass is 9.84. The molecule has 141 valence electrons. The summed E-state index contributed by atoms with van der Waals surface area (Å²) in [5, 5.41) is 27.3. The minimum atomic E-state index is -0.898. The minimum absolute atomic E-state index is 0.103. The lowest BCUT2D eigenvalue weighted by molar-refractivity contribution is -0.541. The molecule has 2 aliphatic heterocycles. The van der Waals surface area contributed by atoms with Crippen molar-refractivity contribution in [3.05, 3.63) is 39.0 Å². The molecule has 8 heteroatoms. The average Bonchev–Trinajstić information content (AvgIpc) is 3.09. The van der Waals surface area contributed by atoms with Gasteiger partial charge in [0.2, 0.25) is 0 Å². The summed E-state index contributed by atoms with van der Waals surface area (Å²) in [6.07, 6.45) is 1.30. The van der Waals surface area contributed by atoms with Gasteiger partial charge in [-0.2, -0.15) is 0 Å². The third-order valence-electron chi connectivity index (χ3n) is 5.91. The van der Waals surface area contributed by atoms with Gasteiger partial charge < -0.3 is 10.1 Å². The molecular weight excluding hydrogens is 377 g/mol. The number of halogens is 2. The first-order valence-corrected chi connectivity index (χ1v) is 9.33. The first-order chi connectivity index (χ1) is 12.0. The molecule has 1 fully saturated rings. The van der Waals surface area contributed by atoms with E-state index in [1.807, 2.05) is 0 Å². The highest BCUT2D eigenvalue weighted by Crippen LogP contribution is 2.39. The van der Waals surface area contributed by atoms with Crippen molar-refractivity contribution < 1.29 is 14.7 Å². The van der Waals surface area contributed by atoms with Crippen LogP contribution < -0.4 is 0 Å². The van der Waals surface area contributed by atoms with Crippen LogP contribution in [-0.4, -0.2) is 50.1 Å². The first kappa shape index (κ1) is 19.3. The lowest BCUT2D eigenvalue weighted by Gasteiger charge is -2.32. The van der Waals surface area contributed by atoms with Crippen molar-refractivity contribution >= 4 is 34.9 Å². The molecule has 0 aromatic heterocycles. The Morgan fingerprint density at radius 2 is 1.88 bits per heavy atom. The molecule has 0 saturated carbocycles. The molecule has 0 N–H and O–H groups in total. The molecule has 3 rings (SSSR count). The summed E-state index contributed by atoms with van der Waals surface area (Å²) >= 11 is 11.9. The predicted molar refractivity (Wildman–Crippen MR) is 99.8 cm³/mol. The van der Waals surface area contributed by atoms with E-state index in [0.717, 1.165) is 16.2 Å². The Kier molecular flexibility index (Phi) is 4.66. The number of amidine groups is 1. The van der Waals surface area contributed by atoms with Gasteiger partial charge in [0.25, 0.3) is 5.91 Å². The number of carbonyl (C=O) groups is 1. The van der Waals surface area contributed by atoms with Crippen LogP contribution in [0.5, 0.6) is 0 Å². The van der Waals surface area contributed by atoms with Gasteiger partial charge in [0.05, 0.1) is 10.0 Å². The molecule has 1 aromatic carbocycles. The van der Waals surface area contributed by atoms with Crippen molar-refractivity contribution in [3.8, 4) is 0 Å². The summed E-state index contributed by atoms with van der Waals surface area (Å²) in [6, 6.07) is 4.13. The number of hydrogen-bond acceptors (Lipinski definition) is 3. The standard InChI is InChI=1S/C18H22Cl2N3O3/c1-17(2)18(3,4)23(26)15(22(17)25)14-6-5-9-21(14)16(24)11-7-8-12(19)13(20)10-11/h7-8,10,14H,5-6,9H2,1-4H3. The molecule has 26 heavy (non-hydrogen) atoms. The van der Waals surface area contributed by atoms with Crippen molar-refractivity contribution in [3.63, 3.8) is 0 Å². The Hall–Kier alpha value is -1.50. The first-order valence-electron chi connectivity index (χ1n) is 8.57. The summed E-state index contributed by atoms with van der Waals surface area (Å²) in [5.41, 5.74) is -1.41. The van der Waals surface area contributed by atoms with Gasteiger partial charge in [0.1, 0.15) is 11.6 Å². The zero-order valence-electron chi connectivity index (χ0n) is 15.3. The molecule has 1 saturated heterocycles. The lowest BCUT2D eigenvalue weighted by Crippen LogP contribution is -2.54. The second-order valence-corrected chi connectivity index (χ2v) is 8.66. The van der Waals surface area contributed by atoms with E-state index >= 15 is 0 Å². The number of benzene rings is 1. The average molecular weight is 399 g/mol. The molecule has 0 spiro atoms. The number of hydrogen-bond donors (Lipinski definition) is 0. The Balaban J connectivity index is 1.97. The molecule has 1 unspecified atom stereocenters. The van der Waals surface area contributed by atoms with Gasteiger partial charge in [-0.15, -0.1) is 0 Å². The van der Waals surface area contributed by atoms with Gasteiger partial charge in [-0.1, -0.05) is 28.3 Å². The number of carbonyl (C=O) groups excluding carboxylic acids is 1. The Morgan fingerprint density at radius 1 is 1.23 bits per heavy atom. The van der Waals surface area contributed by atoms with Crippen LogP contribution in [0.15, 0.2) is 18.2 Å². The number of hydroxylamine groups is 3. The molecule has 1 amide bonds. The van der Waals surface area contributed by atoms with Crippen LogP contribution in [0.4, 0.5) is 0 Å². The maximum Gasteiger partial charge on any atom is 0.307 e. The molecule has 1 aromatic rings. The zero-order valence-corrected chi connectivity index (χ0v) is 16.8. The van der Waals surface area contributed by atoms with E-state index in [0.29, 0.717) is 28.6 Å². The van der Waals surface area contributed by atoms with Gasteiger partial charge in [-0.05, 0) is 58.7 Å². The molecule has 6 nitrogen and oxygen atoms in total. The number of nitrogens with zero attached hydrogens (tertiary/aromatic N) is 3. The second kappa shape index (κ2) is 6.29.